The van der Waals surface area contributed by atoms with Crippen molar-refractivity contribution in [3.8, 4) is 5.75 Å². The predicted molar refractivity (Wildman–Crippen MR) is 83.0 cm³/mol. The third-order valence-electron chi connectivity index (χ3n) is 3.18. The van der Waals surface area contributed by atoms with Crippen LogP contribution >= 0.6 is 0 Å². The lowest BCUT2D eigenvalue weighted by atomic mass is 10.0. The molecule has 3 heteroatoms. The number of para-hydroxylation sites is 1. The largest absolute Gasteiger partial charge is 0.490 e. The molecular weight excluding hydrogens is 264 g/mol. The maximum Gasteiger partial charge on any atom is 0.170 e. The van der Waals surface area contributed by atoms with E-state index in [9.17, 15) is 4.79 Å². The minimum Gasteiger partial charge on any atom is -0.490 e. The lowest BCUT2D eigenvalue weighted by molar-refractivity contribution is 0.0985. The molecule has 0 saturated heterocycles. The van der Waals surface area contributed by atoms with Gasteiger partial charge in [0.25, 0.3) is 0 Å². The number of benzene rings is 2. The third kappa shape index (κ3) is 4.43. The second kappa shape index (κ2) is 7.60. The quantitative estimate of drug-likeness (QED) is 0.577. The van der Waals surface area contributed by atoms with Crippen LogP contribution in [0.5, 0.6) is 5.75 Å². The van der Waals surface area contributed by atoms with Crippen molar-refractivity contribution in [3.05, 3.63) is 65.2 Å². The first-order valence-electron chi connectivity index (χ1n) is 7.00. The zero-order valence-electron chi connectivity index (χ0n) is 12.5. The van der Waals surface area contributed by atoms with Gasteiger partial charge in [0.1, 0.15) is 12.4 Å². The summed E-state index contributed by atoms with van der Waals surface area (Å²) >= 11 is 0. The van der Waals surface area contributed by atoms with E-state index in [1.807, 2.05) is 49.4 Å². The zero-order valence-corrected chi connectivity index (χ0v) is 12.5. The zero-order chi connectivity index (χ0) is 15.1. The molecule has 0 fully saturated rings. The van der Waals surface area contributed by atoms with E-state index in [1.165, 1.54) is 0 Å². The summed E-state index contributed by atoms with van der Waals surface area (Å²) in [6.07, 6.45) is 0.381. The molecule has 0 radical (unpaired) electrons. The second-order valence-corrected chi connectivity index (χ2v) is 4.93. The number of rotatable bonds is 7. The molecule has 0 heterocycles. The number of methoxy groups -OCH3 is 1. The standard InChI is InChI=1S/C18H20O3/c1-14-6-5-7-15(12-14)13-17(19)16-8-3-4-9-18(16)21-11-10-20-2/h3-9,12H,10-11,13H2,1-2H3. The van der Waals surface area contributed by atoms with Crippen molar-refractivity contribution in [2.75, 3.05) is 20.3 Å². The average molecular weight is 284 g/mol. The number of carbonyl (C=O) groups excluding carboxylic acids is 1. The Morgan fingerprint density at radius 2 is 1.86 bits per heavy atom. The van der Waals surface area contributed by atoms with E-state index in [2.05, 4.69) is 0 Å². The lowest BCUT2D eigenvalue weighted by Crippen LogP contribution is -2.10. The molecule has 0 aliphatic carbocycles. The van der Waals surface area contributed by atoms with Crippen molar-refractivity contribution in [2.24, 2.45) is 0 Å². The van der Waals surface area contributed by atoms with Crippen LogP contribution in [0.1, 0.15) is 21.5 Å². The SMILES string of the molecule is COCCOc1ccccc1C(=O)Cc1cccc(C)c1. The van der Waals surface area contributed by atoms with Crippen molar-refractivity contribution >= 4 is 5.78 Å². The Bertz CT molecular complexity index is 605. The molecule has 2 aromatic carbocycles. The molecule has 2 aromatic rings. The van der Waals surface area contributed by atoms with E-state index < -0.39 is 0 Å². The Labute approximate surface area is 125 Å². The van der Waals surface area contributed by atoms with E-state index in [0.29, 0.717) is 30.9 Å². The van der Waals surface area contributed by atoms with Gasteiger partial charge in [-0.3, -0.25) is 4.79 Å². The Balaban J connectivity index is 2.11. The van der Waals surface area contributed by atoms with Crippen LogP contribution < -0.4 is 4.74 Å². The molecule has 21 heavy (non-hydrogen) atoms. The Hall–Kier alpha value is -2.13. The maximum atomic E-state index is 12.5. The first kappa shape index (κ1) is 15.3. The van der Waals surface area contributed by atoms with E-state index in [4.69, 9.17) is 9.47 Å². The van der Waals surface area contributed by atoms with Crippen LogP contribution in [0.15, 0.2) is 48.5 Å². The van der Waals surface area contributed by atoms with Gasteiger partial charge < -0.3 is 9.47 Å². The molecule has 0 bridgehead atoms. The monoisotopic (exact) mass is 284 g/mol. The van der Waals surface area contributed by atoms with Gasteiger partial charge in [0, 0.05) is 13.5 Å². The highest BCUT2D eigenvalue weighted by atomic mass is 16.5. The molecular formula is C18H20O3. The third-order valence-corrected chi connectivity index (χ3v) is 3.18. The van der Waals surface area contributed by atoms with E-state index in [-0.39, 0.29) is 5.78 Å². The summed E-state index contributed by atoms with van der Waals surface area (Å²) in [6.45, 7) is 2.96. The van der Waals surface area contributed by atoms with Gasteiger partial charge in [-0.15, -0.1) is 0 Å². The van der Waals surface area contributed by atoms with Crippen molar-refractivity contribution < 1.29 is 14.3 Å². The maximum absolute atomic E-state index is 12.5. The van der Waals surface area contributed by atoms with Gasteiger partial charge in [0.05, 0.1) is 12.2 Å². The van der Waals surface area contributed by atoms with Gasteiger partial charge in [0.2, 0.25) is 0 Å². The number of hydrogen-bond acceptors (Lipinski definition) is 3. The smallest absolute Gasteiger partial charge is 0.170 e. The van der Waals surface area contributed by atoms with Crippen LogP contribution in [0.25, 0.3) is 0 Å². The highest BCUT2D eigenvalue weighted by Gasteiger charge is 2.12. The number of hydrogen-bond donors (Lipinski definition) is 0. The molecule has 0 aliphatic rings. The van der Waals surface area contributed by atoms with Gasteiger partial charge in [-0.05, 0) is 24.6 Å². The predicted octanol–water partition coefficient (Wildman–Crippen LogP) is 3.45. The van der Waals surface area contributed by atoms with Crippen LogP contribution in [-0.2, 0) is 11.2 Å². The van der Waals surface area contributed by atoms with Crippen LogP contribution in [-0.4, -0.2) is 26.1 Å². The lowest BCUT2D eigenvalue weighted by Gasteiger charge is -2.10. The summed E-state index contributed by atoms with van der Waals surface area (Å²) in [7, 11) is 1.62. The van der Waals surface area contributed by atoms with Gasteiger partial charge in [0.15, 0.2) is 5.78 Å². The number of aryl methyl sites for hydroxylation is 1. The Kier molecular flexibility index (Phi) is 5.52. The molecule has 0 atom stereocenters. The van der Waals surface area contributed by atoms with Crippen LogP contribution in [0.3, 0.4) is 0 Å². The van der Waals surface area contributed by atoms with E-state index in [1.54, 1.807) is 13.2 Å². The molecule has 0 amide bonds. The molecule has 3 nitrogen and oxygen atoms in total. The summed E-state index contributed by atoms with van der Waals surface area (Å²) in [5.41, 5.74) is 2.80. The van der Waals surface area contributed by atoms with Crippen molar-refractivity contribution in [2.45, 2.75) is 13.3 Å². The van der Waals surface area contributed by atoms with Crippen LogP contribution in [0.2, 0.25) is 0 Å². The highest BCUT2D eigenvalue weighted by molar-refractivity contribution is 5.99. The fourth-order valence-corrected chi connectivity index (χ4v) is 2.16. The summed E-state index contributed by atoms with van der Waals surface area (Å²) < 4.78 is 10.6. The van der Waals surface area contributed by atoms with Crippen molar-refractivity contribution in [3.63, 3.8) is 0 Å². The second-order valence-electron chi connectivity index (χ2n) is 4.93. The van der Waals surface area contributed by atoms with Crippen molar-refractivity contribution in [1.82, 2.24) is 0 Å². The molecule has 110 valence electrons. The minimum absolute atomic E-state index is 0.0635. The first-order chi connectivity index (χ1) is 10.2. The van der Waals surface area contributed by atoms with Crippen LogP contribution in [0.4, 0.5) is 0 Å². The fourth-order valence-electron chi connectivity index (χ4n) is 2.16. The topological polar surface area (TPSA) is 35.5 Å². The number of ether oxygens (including phenoxy) is 2. The molecule has 0 unspecified atom stereocenters. The molecule has 0 aromatic heterocycles. The molecule has 2 rings (SSSR count). The van der Waals surface area contributed by atoms with Gasteiger partial charge in [-0.2, -0.15) is 0 Å². The normalized spacial score (nSPS) is 10.4. The van der Waals surface area contributed by atoms with Gasteiger partial charge >= 0.3 is 0 Å². The van der Waals surface area contributed by atoms with Gasteiger partial charge in [-0.1, -0.05) is 42.0 Å². The average Bonchev–Trinajstić information content (AvgIpc) is 2.48. The number of Topliss-reactive ketones (excluding diaryl/α,β-unsaturated/α-hetero) is 1. The van der Waals surface area contributed by atoms with Crippen LogP contribution in [0, 0.1) is 6.92 Å². The number of carbonyl (C=O) groups is 1. The summed E-state index contributed by atoms with van der Waals surface area (Å²) in [5, 5.41) is 0. The molecule has 0 saturated carbocycles. The van der Waals surface area contributed by atoms with Crippen molar-refractivity contribution in [1.29, 1.82) is 0 Å². The summed E-state index contributed by atoms with van der Waals surface area (Å²) in [4.78, 5) is 12.5. The molecule has 0 aliphatic heterocycles. The first-order valence-corrected chi connectivity index (χ1v) is 7.00. The summed E-state index contributed by atoms with van der Waals surface area (Å²) in [6, 6.07) is 15.3. The minimum atomic E-state index is 0.0635. The van der Waals surface area contributed by atoms with Gasteiger partial charge in [-0.25, -0.2) is 0 Å². The highest BCUT2D eigenvalue weighted by Crippen LogP contribution is 2.20. The van der Waals surface area contributed by atoms with E-state index >= 15 is 0 Å². The molecule has 0 N–H and O–H groups in total. The number of ketones is 1. The molecule has 0 spiro atoms. The van der Waals surface area contributed by atoms with E-state index in [0.717, 1.165) is 11.1 Å². The Morgan fingerprint density at radius 3 is 2.62 bits per heavy atom. The fraction of sp³-hybridized carbons (Fsp3) is 0.278. The summed E-state index contributed by atoms with van der Waals surface area (Å²) in [5.74, 6) is 0.681. The Morgan fingerprint density at radius 1 is 1.05 bits per heavy atom.